The first-order valence-electron chi connectivity index (χ1n) is 4.53. The molecular formula is C9H17NO. The van der Waals surface area contributed by atoms with Gasteiger partial charge in [0.1, 0.15) is 5.72 Å². The third kappa shape index (κ3) is 1.00. The summed E-state index contributed by atoms with van der Waals surface area (Å²) in [5.41, 5.74) is 0.128. The fraction of sp³-hybridized carbons (Fsp3) is 1.00. The lowest BCUT2D eigenvalue weighted by atomic mass is 9.88. The van der Waals surface area contributed by atoms with Crippen LogP contribution in [0.15, 0.2) is 0 Å². The maximum atomic E-state index is 5.61. The summed E-state index contributed by atoms with van der Waals surface area (Å²) in [6.07, 6.45) is 5.26. The lowest BCUT2D eigenvalue weighted by Gasteiger charge is -2.36. The normalized spacial score (nSPS) is 44.7. The number of nitrogens with zero attached hydrogens (tertiary/aromatic N) is 1. The lowest BCUT2D eigenvalue weighted by Crippen LogP contribution is -2.43. The molecular weight excluding hydrogens is 138 g/mol. The van der Waals surface area contributed by atoms with Gasteiger partial charge in [-0.2, -0.15) is 0 Å². The smallest absolute Gasteiger partial charge is 0.121 e. The molecule has 2 aliphatic rings. The first-order chi connectivity index (χ1) is 5.27. The predicted octanol–water partition coefficient (Wildman–Crippen LogP) is 1.46. The molecule has 2 unspecified atom stereocenters. The largest absolute Gasteiger partial charge is 0.364 e. The monoisotopic (exact) mass is 155 g/mol. The SMILES string of the molecule is COC12CCCC(CN1C)C2. The van der Waals surface area contributed by atoms with Crippen LogP contribution in [0, 0.1) is 5.92 Å². The summed E-state index contributed by atoms with van der Waals surface area (Å²) in [6, 6.07) is 0. The van der Waals surface area contributed by atoms with Gasteiger partial charge in [0.25, 0.3) is 0 Å². The molecule has 1 saturated carbocycles. The summed E-state index contributed by atoms with van der Waals surface area (Å²) >= 11 is 0. The lowest BCUT2D eigenvalue weighted by molar-refractivity contribution is -0.112. The van der Waals surface area contributed by atoms with Crippen molar-refractivity contribution in [3.05, 3.63) is 0 Å². The van der Waals surface area contributed by atoms with Gasteiger partial charge < -0.3 is 4.74 Å². The van der Waals surface area contributed by atoms with E-state index in [1.807, 2.05) is 7.11 Å². The summed E-state index contributed by atoms with van der Waals surface area (Å²) in [5.74, 6) is 0.911. The van der Waals surface area contributed by atoms with Gasteiger partial charge in [-0.3, -0.25) is 4.90 Å². The molecule has 0 aromatic rings. The van der Waals surface area contributed by atoms with Crippen LogP contribution in [-0.4, -0.2) is 31.3 Å². The Bertz CT molecular complexity index is 160. The highest BCUT2D eigenvalue weighted by atomic mass is 16.5. The number of likely N-dealkylation sites (tertiary alicyclic amines) is 1. The van der Waals surface area contributed by atoms with Crippen molar-refractivity contribution in [3.63, 3.8) is 0 Å². The average Bonchev–Trinajstić information content (AvgIpc) is 2.24. The van der Waals surface area contributed by atoms with E-state index in [0.717, 1.165) is 5.92 Å². The number of hydrogen-bond donors (Lipinski definition) is 0. The second kappa shape index (κ2) is 2.46. The molecule has 2 fully saturated rings. The van der Waals surface area contributed by atoms with Gasteiger partial charge in [0.2, 0.25) is 0 Å². The van der Waals surface area contributed by atoms with Gasteiger partial charge >= 0.3 is 0 Å². The van der Waals surface area contributed by atoms with Crippen LogP contribution in [0.5, 0.6) is 0 Å². The first-order valence-corrected chi connectivity index (χ1v) is 4.53. The Balaban J connectivity index is 2.17. The fourth-order valence-electron chi connectivity index (χ4n) is 2.72. The Morgan fingerprint density at radius 2 is 2.36 bits per heavy atom. The van der Waals surface area contributed by atoms with E-state index in [1.165, 1.54) is 32.2 Å². The zero-order valence-corrected chi connectivity index (χ0v) is 7.47. The molecule has 0 spiro atoms. The zero-order chi connectivity index (χ0) is 7.90. The highest BCUT2D eigenvalue weighted by Gasteiger charge is 2.46. The van der Waals surface area contributed by atoms with E-state index in [2.05, 4.69) is 11.9 Å². The Morgan fingerprint density at radius 3 is 3.00 bits per heavy atom. The Morgan fingerprint density at radius 1 is 1.55 bits per heavy atom. The molecule has 11 heavy (non-hydrogen) atoms. The second-order valence-electron chi connectivity index (χ2n) is 3.99. The number of fused-ring (bicyclic) bond motifs is 2. The van der Waals surface area contributed by atoms with Crippen molar-refractivity contribution < 1.29 is 4.74 Å². The minimum atomic E-state index is 0.128. The van der Waals surface area contributed by atoms with Crippen molar-refractivity contribution >= 4 is 0 Å². The molecule has 0 N–H and O–H groups in total. The van der Waals surface area contributed by atoms with Crippen LogP contribution in [0.3, 0.4) is 0 Å². The van der Waals surface area contributed by atoms with Crippen molar-refractivity contribution in [2.24, 2.45) is 5.92 Å². The Labute approximate surface area is 68.5 Å². The van der Waals surface area contributed by atoms with E-state index in [4.69, 9.17) is 4.74 Å². The summed E-state index contributed by atoms with van der Waals surface area (Å²) in [7, 11) is 4.04. The Hall–Kier alpha value is -0.0800. The highest BCUT2D eigenvalue weighted by molar-refractivity contribution is 4.94. The van der Waals surface area contributed by atoms with Crippen LogP contribution in [-0.2, 0) is 4.74 Å². The maximum absolute atomic E-state index is 5.61. The van der Waals surface area contributed by atoms with E-state index in [1.54, 1.807) is 0 Å². The van der Waals surface area contributed by atoms with E-state index in [-0.39, 0.29) is 5.72 Å². The predicted molar refractivity (Wildman–Crippen MR) is 44.3 cm³/mol. The topological polar surface area (TPSA) is 12.5 Å². The highest BCUT2D eigenvalue weighted by Crippen LogP contribution is 2.43. The van der Waals surface area contributed by atoms with Crippen LogP contribution < -0.4 is 0 Å². The molecule has 0 radical (unpaired) electrons. The molecule has 2 rings (SSSR count). The van der Waals surface area contributed by atoms with Crippen LogP contribution in [0.25, 0.3) is 0 Å². The van der Waals surface area contributed by atoms with Gasteiger partial charge in [-0.05, 0) is 38.6 Å². The van der Waals surface area contributed by atoms with Crippen molar-refractivity contribution in [1.82, 2.24) is 4.90 Å². The summed E-state index contributed by atoms with van der Waals surface area (Å²) in [4.78, 5) is 2.39. The van der Waals surface area contributed by atoms with E-state index in [9.17, 15) is 0 Å². The molecule has 1 aliphatic carbocycles. The van der Waals surface area contributed by atoms with Crippen LogP contribution in [0.2, 0.25) is 0 Å². The van der Waals surface area contributed by atoms with E-state index in [0.29, 0.717) is 0 Å². The average molecular weight is 155 g/mol. The molecule has 1 aliphatic heterocycles. The van der Waals surface area contributed by atoms with Gasteiger partial charge in [-0.25, -0.2) is 0 Å². The molecule has 2 nitrogen and oxygen atoms in total. The Kier molecular flexibility index (Phi) is 1.69. The zero-order valence-electron chi connectivity index (χ0n) is 7.47. The third-order valence-corrected chi connectivity index (χ3v) is 3.40. The number of methoxy groups -OCH3 is 1. The molecule has 0 aromatic carbocycles. The van der Waals surface area contributed by atoms with Crippen LogP contribution >= 0.6 is 0 Å². The van der Waals surface area contributed by atoms with Crippen molar-refractivity contribution in [3.8, 4) is 0 Å². The number of ether oxygens (including phenoxy) is 1. The first kappa shape index (κ1) is 7.56. The summed E-state index contributed by atoms with van der Waals surface area (Å²) < 4.78 is 5.61. The van der Waals surface area contributed by atoms with Gasteiger partial charge in [0.15, 0.2) is 0 Å². The maximum Gasteiger partial charge on any atom is 0.121 e. The summed E-state index contributed by atoms with van der Waals surface area (Å²) in [5, 5.41) is 0. The standard InChI is InChI=1S/C9H17NO/c1-10-7-8-4-3-5-9(10,6-8)11-2/h8H,3-7H2,1-2H3. The molecule has 2 bridgehead atoms. The van der Waals surface area contributed by atoms with Crippen LogP contribution in [0.1, 0.15) is 25.7 Å². The number of rotatable bonds is 1. The minimum absolute atomic E-state index is 0.128. The molecule has 0 amide bonds. The second-order valence-corrected chi connectivity index (χ2v) is 3.99. The molecule has 64 valence electrons. The van der Waals surface area contributed by atoms with Gasteiger partial charge in [0.05, 0.1) is 0 Å². The van der Waals surface area contributed by atoms with Crippen molar-refractivity contribution in [1.29, 1.82) is 0 Å². The quantitative estimate of drug-likeness (QED) is 0.568. The molecule has 2 atom stereocenters. The summed E-state index contributed by atoms with van der Waals surface area (Å²) in [6.45, 7) is 1.24. The van der Waals surface area contributed by atoms with E-state index < -0.39 is 0 Å². The third-order valence-electron chi connectivity index (χ3n) is 3.40. The molecule has 2 heteroatoms. The van der Waals surface area contributed by atoms with Crippen molar-refractivity contribution in [2.45, 2.75) is 31.4 Å². The number of hydrogen-bond acceptors (Lipinski definition) is 2. The molecule has 1 heterocycles. The van der Waals surface area contributed by atoms with Gasteiger partial charge in [-0.1, -0.05) is 0 Å². The van der Waals surface area contributed by atoms with Crippen molar-refractivity contribution in [2.75, 3.05) is 20.7 Å². The fourth-order valence-corrected chi connectivity index (χ4v) is 2.72. The minimum Gasteiger partial charge on any atom is -0.364 e. The molecule has 0 aromatic heterocycles. The van der Waals surface area contributed by atoms with Gasteiger partial charge in [-0.15, -0.1) is 0 Å². The van der Waals surface area contributed by atoms with Gasteiger partial charge in [0, 0.05) is 13.7 Å². The van der Waals surface area contributed by atoms with E-state index >= 15 is 0 Å². The molecule has 1 saturated heterocycles. The van der Waals surface area contributed by atoms with Crippen LogP contribution in [0.4, 0.5) is 0 Å².